The van der Waals surface area contributed by atoms with E-state index in [4.69, 9.17) is 33.0 Å². The van der Waals surface area contributed by atoms with Crippen LogP contribution in [0.5, 0.6) is 11.5 Å². The summed E-state index contributed by atoms with van der Waals surface area (Å²) in [6.45, 7) is 1.89. The molecule has 0 radical (unpaired) electrons. The summed E-state index contributed by atoms with van der Waals surface area (Å²) in [6, 6.07) is 10.4. The minimum absolute atomic E-state index is 0.411. The summed E-state index contributed by atoms with van der Waals surface area (Å²) in [5.41, 5.74) is 1.64. The second kappa shape index (κ2) is 6.66. The van der Waals surface area contributed by atoms with Gasteiger partial charge < -0.3 is 9.84 Å². The SMILES string of the molecule is Cc1ccc(/C=C/C(=O)O)cc1Oc1ccc(Cl)cc1Cl. The predicted molar refractivity (Wildman–Crippen MR) is 84.4 cm³/mol. The highest BCUT2D eigenvalue weighted by Gasteiger charge is 2.07. The third kappa shape index (κ3) is 4.25. The van der Waals surface area contributed by atoms with Crippen LogP contribution < -0.4 is 4.74 Å². The van der Waals surface area contributed by atoms with E-state index in [2.05, 4.69) is 0 Å². The van der Waals surface area contributed by atoms with Crippen molar-refractivity contribution in [2.24, 2.45) is 0 Å². The molecule has 0 aliphatic heterocycles. The molecule has 2 aromatic rings. The van der Waals surface area contributed by atoms with E-state index >= 15 is 0 Å². The van der Waals surface area contributed by atoms with Gasteiger partial charge >= 0.3 is 5.97 Å². The zero-order chi connectivity index (χ0) is 15.4. The standard InChI is InChI=1S/C16H12Cl2O3/c1-10-2-3-11(4-7-16(19)20)8-15(10)21-14-6-5-12(17)9-13(14)18/h2-9H,1H3,(H,19,20)/b7-4+. The van der Waals surface area contributed by atoms with Crippen molar-refractivity contribution in [2.75, 3.05) is 0 Å². The van der Waals surface area contributed by atoms with Gasteiger partial charge in [-0.05, 0) is 48.4 Å². The number of carboxylic acids is 1. The molecule has 0 bridgehead atoms. The minimum Gasteiger partial charge on any atom is -0.478 e. The summed E-state index contributed by atoms with van der Waals surface area (Å²) >= 11 is 11.9. The first kappa shape index (κ1) is 15.4. The van der Waals surface area contributed by atoms with Crippen LogP contribution in [0.25, 0.3) is 6.08 Å². The zero-order valence-electron chi connectivity index (χ0n) is 11.1. The molecule has 5 heteroatoms. The fourth-order valence-corrected chi connectivity index (χ4v) is 2.12. The Hall–Kier alpha value is -1.97. The van der Waals surface area contributed by atoms with Crippen LogP contribution in [0.3, 0.4) is 0 Å². The maximum absolute atomic E-state index is 10.5. The second-order valence-corrected chi connectivity index (χ2v) is 5.22. The Kier molecular flexibility index (Phi) is 4.89. The quantitative estimate of drug-likeness (QED) is 0.787. The number of halogens is 2. The summed E-state index contributed by atoms with van der Waals surface area (Å²) < 4.78 is 5.77. The van der Waals surface area contributed by atoms with Crippen LogP contribution in [0, 0.1) is 6.92 Å². The molecule has 2 rings (SSSR count). The maximum Gasteiger partial charge on any atom is 0.328 e. The fraction of sp³-hybridized carbons (Fsp3) is 0.0625. The molecule has 0 saturated heterocycles. The van der Waals surface area contributed by atoms with Crippen molar-refractivity contribution in [1.29, 1.82) is 0 Å². The van der Waals surface area contributed by atoms with Crippen LogP contribution in [0.15, 0.2) is 42.5 Å². The second-order valence-electron chi connectivity index (χ2n) is 4.37. The zero-order valence-corrected chi connectivity index (χ0v) is 12.7. The first-order valence-electron chi connectivity index (χ1n) is 6.10. The molecule has 108 valence electrons. The Labute approximate surface area is 132 Å². The Morgan fingerprint density at radius 1 is 1.14 bits per heavy atom. The molecule has 0 amide bonds. The van der Waals surface area contributed by atoms with Gasteiger partial charge in [0.2, 0.25) is 0 Å². The molecule has 0 spiro atoms. The van der Waals surface area contributed by atoms with E-state index in [-0.39, 0.29) is 0 Å². The van der Waals surface area contributed by atoms with Gasteiger partial charge in [0.15, 0.2) is 0 Å². The minimum atomic E-state index is -1.00. The molecule has 0 aliphatic carbocycles. The largest absolute Gasteiger partial charge is 0.478 e. The van der Waals surface area contributed by atoms with E-state index in [9.17, 15) is 4.79 Å². The van der Waals surface area contributed by atoms with Crippen molar-refractivity contribution >= 4 is 35.2 Å². The molecule has 2 aromatic carbocycles. The van der Waals surface area contributed by atoms with E-state index in [1.807, 2.05) is 19.1 Å². The number of carbonyl (C=O) groups is 1. The highest BCUT2D eigenvalue weighted by Crippen LogP contribution is 2.33. The topological polar surface area (TPSA) is 46.5 Å². The van der Waals surface area contributed by atoms with Gasteiger partial charge in [0.25, 0.3) is 0 Å². The van der Waals surface area contributed by atoms with Crippen LogP contribution in [0.1, 0.15) is 11.1 Å². The average molecular weight is 323 g/mol. The van der Waals surface area contributed by atoms with Gasteiger partial charge in [-0.25, -0.2) is 4.79 Å². The Morgan fingerprint density at radius 3 is 2.57 bits per heavy atom. The Bertz CT molecular complexity index is 709. The number of aliphatic carboxylic acids is 1. The highest BCUT2D eigenvalue weighted by molar-refractivity contribution is 6.35. The molecule has 0 aliphatic rings. The van der Waals surface area contributed by atoms with Crippen molar-refractivity contribution in [2.45, 2.75) is 6.92 Å². The molecular weight excluding hydrogens is 311 g/mol. The number of rotatable bonds is 4. The third-order valence-electron chi connectivity index (χ3n) is 2.74. The molecule has 0 aromatic heterocycles. The van der Waals surface area contributed by atoms with Crippen LogP contribution >= 0.6 is 23.2 Å². The van der Waals surface area contributed by atoms with Crippen molar-refractivity contribution in [3.8, 4) is 11.5 Å². The number of benzene rings is 2. The van der Waals surface area contributed by atoms with E-state index in [0.29, 0.717) is 21.5 Å². The van der Waals surface area contributed by atoms with E-state index in [0.717, 1.165) is 17.2 Å². The highest BCUT2D eigenvalue weighted by atomic mass is 35.5. The molecule has 0 heterocycles. The number of carboxylic acid groups (broad SMARTS) is 1. The molecule has 0 unspecified atom stereocenters. The molecule has 1 N–H and O–H groups in total. The molecule has 21 heavy (non-hydrogen) atoms. The van der Waals surface area contributed by atoms with Crippen molar-refractivity contribution in [1.82, 2.24) is 0 Å². The van der Waals surface area contributed by atoms with Crippen LogP contribution in [-0.4, -0.2) is 11.1 Å². The molecule has 0 saturated carbocycles. The van der Waals surface area contributed by atoms with Gasteiger partial charge in [0.1, 0.15) is 11.5 Å². The molecular formula is C16H12Cl2O3. The number of hydrogen-bond acceptors (Lipinski definition) is 2. The van der Waals surface area contributed by atoms with Gasteiger partial charge in [-0.15, -0.1) is 0 Å². The lowest BCUT2D eigenvalue weighted by Gasteiger charge is -2.11. The van der Waals surface area contributed by atoms with Gasteiger partial charge in [0.05, 0.1) is 5.02 Å². The molecule has 0 fully saturated rings. The smallest absolute Gasteiger partial charge is 0.328 e. The first-order valence-corrected chi connectivity index (χ1v) is 6.86. The monoisotopic (exact) mass is 322 g/mol. The summed E-state index contributed by atoms with van der Waals surface area (Å²) in [5.74, 6) is 0.0917. The Balaban J connectivity index is 2.30. The van der Waals surface area contributed by atoms with Gasteiger partial charge in [-0.1, -0.05) is 35.3 Å². The lowest BCUT2D eigenvalue weighted by Crippen LogP contribution is -1.90. The first-order chi connectivity index (χ1) is 9.95. The van der Waals surface area contributed by atoms with Crippen molar-refractivity contribution < 1.29 is 14.6 Å². The van der Waals surface area contributed by atoms with Crippen molar-refractivity contribution in [3.63, 3.8) is 0 Å². The Morgan fingerprint density at radius 2 is 1.90 bits per heavy atom. The maximum atomic E-state index is 10.5. The van der Waals surface area contributed by atoms with Gasteiger partial charge in [-0.2, -0.15) is 0 Å². The van der Waals surface area contributed by atoms with Gasteiger partial charge in [-0.3, -0.25) is 0 Å². The normalized spacial score (nSPS) is 10.8. The van der Waals surface area contributed by atoms with Crippen LogP contribution in [0.4, 0.5) is 0 Å². The lowest BCUT2D eigenvalue weighted by molar-refractivity contribution is -0.131. The number of ether oxygens (including phenoxy) is 1. The van der Waals surface area contributed by atoms with E-state index < -0.39 is 5.97 Å². The van der Waals surface area contributed by atoms with Crippen LogP contribution in [-0.2, 0) is 4.79 Å². The van der Waals surface area contributed by atoms with Gasteiger partial charge in [0, 0.05) is 11.1 Å². The molecule has 0 atom stereocenters. The number of aryl methyl sites for hydroxylation is 1. The summed E-state index contributed by atoms with van der Waals surface area (Å²) in [6.07, 6.45) is 2.57. The van der Waals surface area contributed by atoms with E-state index in [1.54, 1.807) is 24.3 Å². The van der Waals surface area contributed by atoms with Crippen molar-refractivity contribution in [3.05, 3.63) is 63.6 Å². The fourth-order valence-electron chi connectivity index (χ4n) is 1.67. The molecule has 3 nitrogen and oxygen atoms in total. The summed E-state index contributed by atoms with van der Waals surface area (Å²) in [4.78, 5) is 10.5. The lowest BCUT2D eigenvalue weighted by atomic mass is 10.1. The summed E-state index contributed by atoms with van der Waals surface area (Å²) in [5, 5.41) is 9.59. The van der Waals surface area contributed by atoms with Crippen LogP contribution in [0.2, 0.25) is 10.0 Å². The third-order valence-corrected chi connectivity index (χ3v) is 3.27. The predicted octanol–water partition coefficient (Wildman–Crippen LogP) is 5.19. The van der Waals surface area contributed by atoms with E-state index in [1.165, 1.54) is 6.08 Å². The average Bonchev–Trinajstić information content (AvgIpc) is 2.42. The summed E-state index contributed by atoms with van der Waals surface area (Å²) in [7, 11) is 0. The number of hydrogen-bond donors (Lipinski definition) is 1.